The Labute approximate surface area is 131 Å². The summed E-state index contributed by atoms with van der Waals surface area (Å²) < 4.78 is 5.26. The third-order valence-electron chi connectivity index (χ3n) is 4.03. The molecule has 0 unspecified atom stereocenters. The molecule has 120 valence electrons. The number of unbranched alkanes of at least 4 members (excludes halogenated alkanes) is 8. The van der Waals surface area contributed by atoms with Gasteiger partial charge < -0.3 is 10.1 Å². The SMILES string of the molecule is CNCCCCCCCCCCCc1cccc(OC)c1. The molecule has 0 atom stereocenters. The molecule has 0 spiro atoms. The van der Waals surface area contributed by atoms with Gasteiger partial charge in [-0.15, -0.1) is 0 Å². The molecule has 1 rings (SSSR count). The summed E-state index contributed by atoms with van der Waals surface area (Å²) in [5.74, 6) is 0.978. The highest BCUT2D eigenvalue weighted by Crippen LogP contribution is 2.16. The zero-order valence-electron chi connectivity index (χ0n) is 14.0. The fourth-order valence-corrected chi connectivity index (χ4v) is 2.70. The maximum absolute atomic E-state index is 5.26. The van der Waals surface area contributed by atoms with Crippen molar-refractivity contribution in [2.45, 2.75) is 64.2 Å². The molecule has 21 heavy (non-hydrogen) atoms. The van der Waals surface area contributed by atoms with Gasteiger partial charge in [0.25, 0.3) is 0 Å². The normalized spacial score (nSPS) is 10.8. The molecule has 0 aromatic heterocycles. The molecule has 1 N–H and O–H groups in total. The monoisotopic (exact) mass is 291 g/mol. The van der Waals surface area contributed by atoms with Crippen LogP contribution in [-0.2, 0) is 6.42 Å². The Hall–Kier alpha value is -1.02. The highest BCUT2D eigenvalue weighted by molar-refractivity contribution is 5.28. The van der Waals surface area contributed by atoms with Crippen LogP contribution in [0.5, 0.6) is 5.75 Å². The van der Waals surface area contributed by atoms with Crippen molar-refractivity contribution >= 4 is 0 Å². The molecule has 0 heterocycles. The molecular weight excluding hydrogens is 258 g/mol. The lowest BCUT2D eigenvalue weighted by atomic mass is 10.0. The van der Waals surface area contributed by atoms with Crippen LogP contribution >= 0.6 is 0 Å². The maximum Gasteiger partial charge on any atom is 0.119 e. The zero-order chi connectivity index (χ0) is 15.2. The first-order valence-electron chi connectivity index (χ1n) is 8.64. The molecule has 0 fully saturated rings. The van der Waals surface area contributed by atoms with E-state index in [4.69, 9.17) is 4.74 Å². The number of hydrogen-bond donors (Lipinski definition) is 1. The predicted octanol–water partition coefficient (Wildman–Crippen LogP) is 4.97. The van der Waals surface area contributed by atoms with E-state index in [9.17, 15) is 0 Å². The van der Waals surface area contributed by atoms with Crippen LogP contribution in [-0.4, -0.2) is 20.7 Å². The van der Waals surface area contributed by atoms with Crippen LogP contribution in [0.1, 0.15) is 63.4 Å². The Bertz CT molecular complexity index is 351. The molecule has 0 aliphatic carbocycles. The molecule has 0 aliphatic rings. The highest BCUT2D eigenvalue weighted by atomic mass is 16.5. The van der Waals surface area contributed by atoms with Gasteiger partial charge >= 0.3 is 0 Å². The van der Waals surface area contributed by atoms with Gasteiger partial charge in [-0.05, 0) is 50.6 Å². The van der Waals surface area contributed by atoms with E-state index in [2.05, 4.69) is 23.5 Å². The first-order valence-corrected chi connectivity index (χ1v) is 8.64. The molecule has 1 aromatic carbocycles. The van der Waals surface area contributed by atoms with Gasteiger partial charge in [-0.3, -0.25) is 0 Å². The first kappa shape index (κ1) is 18.0. The van der Waals surface area contributed by atoms with E-state index in [1.54, 1.807) is 7.11 Å². The molecule has 0 saturated carbocycles. The number of hydrogen-bond acceptors (Lipinski definition) is 2. The maximum atomic E-state index is 5.26. The zero-order valence-corrected chi connectivity index (χ0v) is 14.0. The molecule has 0 amide bonds. The van der Waals surface area contributed by atoms with Crippen molar-refractivity contribution in [2.24, 2.45) is 0 Å². The predicted molar refractivity (Wildman–Crippen MR) is 92.2 cm³/mol. The summed E-state index contributed by atoms with van der Waals surface area (Å²) in [6.45, 7) is 1.17. The fraction of sp³-hybridized carbons (Fsp3) is 0.684. The van der Waals surface area contributed by atoms with Crippen molar-refractivity contribution in [3.63, 3.8) is 0 Å². The Balaban J connectivity index is 1.90. The van der Waals surface area contributed by atoms with Gasteiger partial charge in [0.2, 0.25) is 0 Å². The Morgan fingerprint density at radius 3 is 2.10 bits per heavy atom. The second kappa shape index (κ2) is 12.7. The third kappa shape index (κ3) is 9.52. The number of rotatable bonds is 13. The van der Waals surface area contributed by atoms with Gasteiger partial charge in [-0.2, -0.15) is 0 Å². The summed E-state index contributed by atoms with van der Waals surface area (Å²) in [5, 5.41) is 3.21. The summed E-state index contributed by atoms with van der Waals surface area (Å²) in [6.07, 6.45) is 13.6. The van der Waals surface area contributed by atoms with Crippen LogP contribution in [0.25, 0.3) is 0 Å². The topological polar surface area (TPSA) is 21.3 Å². The largest absolute Gasteiger partial charge is 0.497 e. The van der Waals surface area contributed by atoms with Crippen molar-refractivity contribution in [2.75, 3.05) is 20.7 Å². The van der Waals surface area contributed by atoms with Crippen LogP contribution in [0.3, 0.4) is 0 Å². The van der Waals surface area contributed by atoms with Crippen LogP contribution < -0.4 is 10.1 Å². The van der Waals surface area contributed by atoms with E-state index in [1.165, 1.54) is 76.3 Å². The van der Waals surface area contributed by atoms with Crippen LogP contribution in [0, 0.1) is 0 Å². The van der Waals surface area contributed by atoms with Gasteiger partial charge in [-0.1, -0.05) is 57.1 Å². The Kier molecular flexibility index (Phi) is 10.9. The minimum absolute atomic E-state index is 0.978. The smallest absolute Gasteiger partial charge is 0.119 e. The second-order valence-corrected chi connectivity index (χ2v) is 5.89. The van der Waals surface area contributed by atoms with E-state index < -0.39 is 0 Å². The standard InChI is InChI=1S/C19H33NO/c1-20-16-11-9-7-5-3-4-6-8-10-13-18-14-12-15-19(17-18)21-2/h12,14-15,17,20H,3-11,13,16H2,1-2H3. The molecule has 2 heteroatoms. The van der Waals surface area contributed by atoms with Crippen molar-refractivity contribution in [1.29, 1.82) is 0 Å². The second-order valence-electron chi connectivity index (χ2n) is 5.89. The van der Waals surface area contributed by atoms with Gasteiger partial charge in [0, 0.05) is 0 Å². The number of ether oxygens (including phenoxy) is 1. The summed E-state index contributed by atoms with van der Waals surface area (Å²) in [7, 11) is 3.77. The minimum atomic E-state index is 0.978. The van der Waals surface area contributed by atoms with Gasteiger partial charge in [-0.25, -0.2) is 0 Å². The lowest BCUT2D eigenvalue weighted by molar-refractivity contribution is 0.414. The summed E-state index contributed by atoms with van der Waals surface area (Å²) in [6, 6.07) is 8.46. The number of methoxy groups -OCH3 is 1. The molecule has 0 bridgehead atoms. The lowest BCUT2D eigenvalue weighted by Crippen LogP contribution is -2.06. The van der Waals surface area contributed by atoms with Crippen LogP contribution in [0.4, 0.5) is 0 Å². The molecule has 0 saturated heterocycles. The van der Waals surface area contributed by atoms with E-state index in [0.29, 0.717) is 0 Å². The minimum Gasteiger partial charge on any atom is -0.497 e. The van der Waals surface area contributed by atoms with Crippen molar-refractivity contribution in [3.05, 3.63) is 29.8 Å². The molecular formula is C19H33NO. The van der Waals surface area contributed by atoms with E-state index in [1.807, 2.05) is 13.1 Å². The molecule has 0 aliphatic heterocycles. The molecule has 1 aromatic rings. The van der Waals surface area contributed by atoms with Gasteiger partial charge in [0.15, 0.2) is 0 Å². The van der Waals surface area contributed by atoms with E-state index >= 15 is 0 Å². The highest BCUT2D eigenvalue weighted by Gasteiger charge is 1.97. The Morgan fingerprint density at radius 2 is 1.48 bits per heavy atom. The van der Waals surface area contributed by atoms with Gasteiger partial charge in [0.05, 0.1) is 7.11 Å². The number of aryl methyl sites for hydroxylation is 1. The summed E-state index contributed by atoms with van der Waals surface area (Å²) >= 11 is 0. The Morgan fingerprint density at radius 1 is 0.857 bits per heavy atom. The average Bonchev–Trinajstić information content (AvgIpc) is 2.53. The average molecular weight is 291 g/mol. The van der Waals surface area contributed by atoms with Crippen molar-refractivity contribution < 1.29 is 4.74 Å². The third-order valence-corrected chi connectivity index (χ3v) is 4.03. The van der Waals surface area contributed by atoms with Crippen LogP contribution in [0.15, 0.2) is 24.3 Å². The first-order chi connectivity index (χ1) is 10.4. The summed E-state index contributed by atoms with van der Waals surface area (Å²) in [5.41, 5.74) is 1.40. The van der Waals surface area contributed by atoms with Crippen molar-refractivity contribution in [3.8, 4) is 5.75 Å². The lowest BCUT2D eigenvalue weighted by Gasteiger charge is -2.05. The summed E-state index contributed by atoms with van der Waals surface area (Å²) in [4.78, 5) is 0. The van der Waals surface area contributed by atoms with Crippen LogP contribution in [0.2, 0.25) is 0 Å². The van der Waals surface area contributed by atoms with Crippen molar-refractivity contribution in [1.82, 2.24) is 5.32 Å². The fourth-order valence-electron chi connectivity index (χ4n) is 2.70. The quantitative estimate of drug-likeness (QED) is 0.518. The number of benzene rings is 1. The van der Waals surface area contributed by atoms with E-state index in [-0.39, 0.29) is 0 Å². The van der Waals surface area contributed by atoms with Gasteiger partial charge in [0.1, 0.15) is 5.75 Å². The number of nitrogens with one attached hydrogen (secondary N) is 1. The molecule has 2 nitrogen and oxygen atoms in total. The van der Waals surface area contributed by atoms with E-state index in [0.717, 1.165) is 5.75 Å². The molecule has 0 radical (unpaired) electrons.